The number of nitrogens with zero attached hydrogens (tertiary/aromatic N) is 1. The van der Waals surface area contributed by atoms with Crippen LogP contribution >= 0.6 is 0 Å². The molecule has 0 bridgehead atoms. The van der Waals surface area contributed by atoms with Gasteiger partial charge in [-0.25, -0.2) is 0 Å². The summed E-state index contributed by atoms with van der Waals surface area (Å²) in [4.78, 5) is 0. The average molecular weight is 191 g/mol. The van der Waals surface area contributed by atoms with E-state index in [0.29, 0.717) is 0 Å². The largest absolute Gasteiger partial charge is 0.197 e. The van der Waals surface area contributed by atoms with E-state index in [-0.39, 0.29) is 5.92 Å². The number of fused-ring (bicyclic) bond motifs is 3. The Balaban J connectivity index is 2.38. The average Bonchev–Trinajstić information content (AvgIpc) is 2.72. The fourth-order valence-electron chi connectivity index (χ4n) is 2.18. The molecule has 1 atom stereocenters. The van der Waals surface area contributed by atoms with Crippen molar-refractivity contribution in [3.8, 4) is 6.07 Å². The van der Waals surface area contributed by atoms with E-state index in [9.17, 15) is 0 Å². The SMILES string of the molecule is N#CC1C=Cc2c1ccc1ccccc21. The molecule has 2 aromatic rings. The van der Waals surface area contributed by atoms with Gasteiger partial charge in [-0.2, -0.15) is 5.26 Å². The predicted octanol–water partition coefficient (Wildman–Crippen LogP) is 3.47. The van der Waals surface area contributed by atoms with Crippen LogP contribution in [0.25, 0.3) is 16.8 Å². The Hall–Kier alpha value is -2.07. The number of rotatable bonds is 0. The maximum absolute atomic E-state index is 8.98. The minimum absolute atomic E-state index is 0.0652. The molecule has 70 valence electrons. The fraction of sp³-hybridized carbons (Fsp3) is 0.0714. The van der Waals surface area contributed by atoms with E-state index in [2.05, 4.69) is 36.4 Å². The van der Waals surface area contributed by atoms with Crippen LogP contribution in [0.4, 0.5) is 0 Å². The van der Waals surface area contributed by atoms with Gasteiger partial charge in [-0.1, -0.05) is 48.6 Å². The second-order valence-corrected chi connectivity index (χ2v) is 3.76. The van der Waals surface area contributed by atoms with Crippen LogP contribution in [0, 0.1) is 11.3 Å². The molecule has 1 aliphatic rings. The molecule has 0 aliphatic heterocycles. The molecule has 0 aromatic heterocycles. The quantitative estimate of drug-likeness (QED) is 0.625. The smallest absolute Gasteiger partial charge is 0.0902 e. The standard InChI is InChI=1S/C14H9N/c15-9-11-6-8-14-12-4-2-1-3-10(12)5-7-13(11)14/h1-8,11H. The molecule has 0 saturated heterocycles. The lowest BCUT2D eigenvalue weighted by Crippen LogP contribution is -1.89. The molecule has 1 unspecified atom stereocenters. The van der Waals surface area contributed by atoms with Crippen LogP contribution in [0.5, 0.6) is 0 Å². The zero-order valence-corrected chi connectivity index (χ0v) is 8.14. The first-order valence-corrected chi connectivity index (χ1v) is 4.99. The third-order valence-corrected chi connectivity index (χ3v) is 2.93. The minimum Gasteiger partial charge on any atom is -0.197 e. The van der Waals surface area contributed by atoms with Crippen LogP contribution in [0.3, 0.4) is 0 Å². The fourth-order valence-corrected chi connectivity index (χ4v) is 2.18. The lowest BCUT2D eigenvalue weighted by molar-refractivity contribution is 1.12. The lowest BCUT2D eigenvalue weighted by Gasteiger charge is -2.06. The van der Waals surface area contributed by atoms with E-state index < -0.39 is 0 Å². The molecule has 1 nitrogen and oxygen atoms in total. The monoisotopic (exact) mass is 191 g/mol. The Labute approximate surface area is 88.3 Å². The van der Waals surface area contributed by atoms with Gasteiger partial charge in [0.1, 0.15) is 0 Å². The molecule has 0 heterocycles. The first kappa shape index (κ1) is 8.26. The van der Waals surface area contributed by atoms with Crippen LogP contribution in [0.15, 0.2) is 42.5 Å². The summed E-state index contributed by atoms with van der Waals surface area (Å²) in [7, 11) is 0. The normalized spacial score (nSPS) is 17.7. The highest BCUT2D eigenvalue weighted by atomic mass is 14.3. The van der Waals surface area contributed by atoms with Gasteiger partial charge < -0.3 is 0 Å². The van der Waals surface area contributed by atoms with Gasteiger partial charge in [-0.3, -0.25) is 0 Å². The Morgan fingerprint density at radius 1 is 1.07 bits per heavy atom. The molecule has 1 aliphatic carbocycles. The molecule has 0 amide bonds. The van der Waals surface area contributed by atoms with Crippen molar-refractivity contribution >= 4 is 16.8 Å². The second-order valence-electron chi connectivity index (χ2n) is 3.76. The molecule has 0 spiro atoms. The molecule has 0 N–H and O–H groups in total. The molecule has 2 aromatic carbocycles. The molecule has 3 rings (SSSR count). The van der Waals surface area contributed by atoms with Crippen LogP contribution in [0.1, 0.15) is 17.0 Å². The van der Waals surface area contributed by atoms with Gasteiger partial charge in [0.15, 0.2) is 0 Å². The summed E-state index contributed by atoms with van der Waals surface area (Å²) in [5, 5.41) is 11.5. The van der Waals surface area contributed by atoms with Gasteiger partial charge in [-0.15, -0.1) is 0 Å². The summed E-state index contributed by atoms with van der Waals surface area (Å²) < 4.78 is 0. The summed E-state index contributed by atoms with van der Waals surface area (Å²) in [6.07, 6.45) is 4.03. The lowest BCUT2D eigenvalue weighted by atomic mass is 9.97. The molecule has 0 radical (unpaired) electrons. The molecular formula is C14H9N. The Morgan fingerprint density at radius 3 is 2.80 bits per heavy atom. The Morgan fingerprint density at radius 2 is 1.93 bits per heavy atom. The highest BCUT2D eigenvalue weighted by molar-refractivity contribution is 5.93. The summed E-state index contributed by atoms with van der Waals surface area (Å²) >= 11 is 0. The van der Waals surface area contributed by atoms with Crippen LogP contribution in [0.2, 0.25) is 0 Å². The van der Waals surface area contributed by atoms with Gasteiger partial charge in [0, 0.05) is 0 Å². The number of hydrogen-bond donors (Lipinski definition) is 0. The maximum atomic E-state index is 8.98. The van der Waals surface area contributed by atoms with E-state index >= 15 is 0 Å². The van der Waals surface area contributed by atoms with Crippen molar-refractivity contribution in [2.45, 2.75) is 5.92 Å². The second kappa shape index (κ2) is 2.96. The Kier molecular flexibility index (Phi) is 1.63. The van der Waals surface area contributed by atoms with Crippen molar-refractivity contribution in [2.24, 2.45) is 0 Å². The highest BCUT2D eigenvalue weighted by Gasteiger charge is 2.17. The third-order valence-electron chi connectivity index (χ3n) is 2.93. The van der Waals surface area contributed by atoms with Gasteiger partial charge in [-0.05, 0) is 21.9 Å². The maximum Gasteiger partial charge on any atom is 0.0902 e. The summed E-state index contributed by atoms with van der Waals surface area (Å²) in [6, 6.07) is 14.7. The van der Waals surface area contributed by atoms with Crippen molar-refractivity contribution < 1.29 is 0 Å². The highest BCUT2D eigenvalue weighted by Crippen LogP contribution is 2.34. The van der Waals surface area contributed by atoms with Crippen LogP contribution < -0.4 is 0 Å². The molecular weight excluding hydrogens is 182 g/mol. The van der Waals surface area contributed by atoms with E-state index in [0.717, 1.165) is 5.56 Å². The van der Waals surface area contributed by atoms with Gasteiger partial charge in [0.25, 0.3) is 0 Å². The third kappa shape index (κ3) is 1.08. The minimum atomic E-state index is -0.0652. The molecule has 15 heavy (non-hydrogen) atoms. The van der Waals surface area contributed by atoms with E-state index in [1.54, 1.807) is 0 Å². The van der Waals surface area contributed by atoms with Crippen LogP contribution in [-0.2, 0) is 0 Å². The van der Waals surface area contributed by atoms with E-state index in [4.69, 9.17) is 5.26 Å². The zero-order valence-electron chi connectivity index (χ0n) is 8.14. The summed E-state index contributed by atoms with van der Waals surface area (Å²) in [5.41, 5.74) is 2.34. The van der Waals surface area contributed by atoms with E-state index in [1.165, 1.54) is 16.3 Å². The summed E-state index contributed by atoms with van der Waals surface area (Å²) in [5.74, 6) is -0.0652. The first-order valence-electron chi connectivity index (χ1n) is 4.99. The van der Waals surface area contributed by atoms with Crippen molar-refractivity contribution in [1.29, 1.82) is 5.26 Å². The van der Waals surface area contributed by atoms with Crippen molar-refractivity contribution in [2.75, 3.05) is 0 Å². The number of allylic oxidation sites excluding steroid dienone is 1. The van der Waals surface area contributed by atoms with Crippen molar-refractivity contribution in [3.63, 3.8) is 0 Å². The van der Waals surface area contributed by atoms with E-state index in [1.807, 2.05) is 18.2 Å². The number of nitriles is 1. The molecule has 1 heteroatoms. The number of hydrogen-bond acceptors (Lipinski definition) is 1. The van der Waals surface area contributed by atoms with Gasteiger partial charge >= 0.3 is 0 Å². The van der Waals surface area contributed by atoms with Crippen LogP contribution in [-0.4, -0.2) is 0 Å². The van der Waals surface area contributed by atoms with Gasteiger partial charge in [0.2, 0.25) is 0 Å². The summed E-state index contributed by atoms with van der Waals surface area (Å²) in [6.45, 7) is 0. The predicted molar refractivity (Wildman–Crippen MR) is 61.3 cm³/mol. The molecule has 0 fully saturated rings. The zero-order chi connectivity index (χ0) is 10.3. The number of benzene rings is 2. The first-order chi connectivity index (χ1) is 7.40. The topological polar surface area (TPSA) is 23.8 Å². The van der Waals surface area contributed by atoms with Crippen molar-refractivity contribution in [1.82, 2.24) is 0 Å². The van der Waals surface area contributed by atoms with Gasteiger partial charge in [0.05, 0.1) is 12.0 Å². The van der Waals surface area contributed by atoms with Crippen molar-refractivity contribution in [3.05, 3.63) is 53.6 Å². The molecule has 0 saturated carbocycles. The Bertz CT molecular complexity index is 602.